The van der Waals surface area contributed by atoms with Gasteiger partial charge in [0.15, 0.2) is 5.43 Å². The van der Waals surface area contributed by atoms with Gasteiger partial charge >= 0.3 is 6.09 Å². The smallest absolute Gasteiger partial charge is 0.407 e. The van der Waals surface area contributed by atoms with E-state index >= 15 is 0 Å². The molecular weight excluding hydrogens is 506 g/mol. The Morgan fingerprint density at radius 2 is 1.87 bits per heavy atom. The third-order valence-electron chi connectivity index (χ3n) is 5.79. The van der Waals surface area contributed by atoms with Crippen LogP contribution in [0.1, 0.15) is 57.5 Å². The van der Waals surface area contributed by atoms with E-state index in [0.29, 0.717) is 23.1 Å². The van der Waals surface area contributed by atoms with Gasteiger partial charge in [0.2, 0.25) is 11.6 Å². The number of fused-ring (bicyclic) bond motifs is 1. The maximum absolute atomic E-state index is 13.7. The third kappa shape index (κ3) is 7.22. The minimum atomic E-state index is -0.656. The molecule has 202 valence electrons. The Bertz CT molecular complexity index is 1360. The number of amides is 2. The summed E-state index contributed by atoms with van der Waals surface area (Å²) in [5, 5.41) is 3.18. The first-order valence-electron chi connectivity index (χ1n) is 12.5. The number of nitrogens with one attached hydrogen (secondary N) is 1. The maximum Gasteiger partial charge on any atom is 0.407 e. The molecule has 1 aromatic carbocycles. The lowest BCUT2D eigenvalue weighted by Crippen LogP contribution is -2.43. The molecule has 0 saturated heterocycles. The molecule has 0 bridgehead atoms. The van der Waals surface area contributed by atoms with Crippen LogP contribution in [0.15, 0.2) is 64.3 Å². The van der Waals surface area contributed by atoms with E-state index in [1.807, 2.05) is 44.2 Å². The summed E-state index contributed by atoms with van der Waals surface area (Å²) in [7, 11) is 0. The molecule has 0 fully saturated rings. The highest BCUT2D eigenvalue weighted by molar-refractivity contribution is 6.29. The zero-order chi connectivity index (χ0) is 28.0. The van der Waals surface area contributed by atoms with E-state index in [9.17, 15) is 14.4 Å². The van der Waals surface area contributed by atoms with Gasteiger partial charge in [0.1, 0.15) is 16.5 Å². The van der Waals surface area contributed by atoms with Gasteiger partial charge in [0.05, 0.1) is 11.4 Å². The standard InChI is InChI=1S/C29H34ClN3O5/c1-7-23(34)33(16-15-31-28(36)38-29(4,5)6)24(18(2)3)26-21(17-19-11-9-8-10-12-19)25(35)20-13-14-22(30)32-27(20)37-26/h7-14,18,24H,1,15-17H2,2-6H3,(H,31,36). The van der Waals surface area contributed by atoms with Crippen LogP contribution in [0.5, 0.6) is 0 Å². The summed E-state index contributed by atoms with van der Waals surface area (Å²) in [6.07, 6.45) is 0.908. The van der Waals surface area contributed by atoms with Crippen LogP contribution in [-0.2, 0) is 16.0 Å². The van der Waals surface area contributed by atoms with Crippen LogP contribution in [0.25, 0.3) is 11.1 Å². The Labute approximate surface area is 227 Å². The van der Waals surface area contributed by atoms with Gasteiger partial charge in [-0.1, -0.05) is 62.4 Å². The molecule has 8 nitrogen and oxygen atoms in total. The van der Waals surface area contributed by atoms with Gasteiger partial charge in [0.25, 0.3) is 0 Å². The lowest BCUT2D eigenvalue weighted by Gasteiger charge is -2.34. The fourth-order valence-corrected chi connectivity index (χ4v) is 4.36. The molecule has 3 aromatic rings. The lowest BCUT2D eigenvalue weighted by atomic mass is 9.92. The van der Waals surface area contributed by atoms with Crippen LogP contribution in [0, 0.1) is 5.92 Å². The van der Waals surface area contributed by atoms with Gasteiger partial charge in [-0.25, -0.2) is 9.78 Å². The van der Waals surface area contributed by atoms with E-state index in [2.05, 4.69) is 16.9 Å². The highest BCUT2D eigenvalue weighted by atomic mass is 35.5. The monoisotopic (exact) mass is 539 g/mol. The number of carbonyl (C=O) groups is 2. The maximum atomic E-state index is 13.7. The first kappa shape index (κ1) is 28.9. The first-order chi connectivity index (χ1) is 17.9. The quantitative estimate of drug-likeness (QED) is 0.278. The Kier molecular flexibility index (Phi) is 9.33. The van der Waals surface area contributed by atoms with Crippen LogP contribution >= 0.6 is 11.6 Å². The number of rotatable bonds is 9. The summed E-state index contributed by atoms with van der Waals surface area (Å²) in [6, 6.07) is 12.0. The fourth-order valence-electron chi connectivity index (χ4n) is 4.22. The van der Waals surface area contributed by atoms with Crippen LogP contribution in [0.4, 0.5) is 4.79 Å². The van der Waals surface area contributed by atoms with Crippen molar-refractivity contribution in [2.24, 2.45) is 5.92 Å². The van der Waals surface area contributed by atoms with Gasteiger partial charge in [-0.05, 0) is 50.5 Å². The van der Waals surface area contributed by atoms with Gasteiger partial charge < -0.3 is 19.4 Å². The number of alkyl carbamates (subject to hydrolysis) is 1. The highest BCUT2D eigenvalue weighted by Gasteiger charge is 2.33. The Balaban J connectivity index is 2.10. The number of hydrogen-bond acceptors (Lipinski definition) is 6. The number of benzene rings is 1. The van der Waals surface area contributed by atoms with Crippen molar-refractivity contribution in [3.8, 4) is 0 Å². The first-order valence-corrected chi connectivity index (χ1v) is 12.8. The summed E-state index contributed by atoms with van der Waals surface area (Å²) in [5.41, 5.74) is 0.540. The second-order valence-electron chi connectivity index (χ2n) is 10.3. The molecule has 2 amide bonds. The molecule has 3 rings (SSSR count). The van der Waals surface area contributed by atoms with Gasteiger partial charge in [-0.2, -0.15) is 0 Å². The normalized spacial score (nSPS) is 12.3. The van der Waals surface area contributed by atoms with Crippen molar-refractivity contribution in [1.82, 2.24) is 15.2 Å². The SMILES string of the molecule is C=CC(=O)N(CCNC(=O)OC(C)(C)C)C(c1oc2nc(Cl)ccc2c(=O)c1Cc1ccccc1)C(C)C. The zero-order valence-corrected chi connectivity index (χ0v) is 23.2. The van der Waals surface area contributed by atoms with Crippen LogP contribution < -0.4 is 10.7 Å². The van der Waals surface area contributed by atoms with Crippen molar-refractivity contribution in [2.75, 3.05) is 13.1 Å². The molecule has 0 saturated carbocycles. The molecule has 0 aliphatic carbocycles. The van der Waals surface area contributed by atoms with Crippen LogP contribution in [0.3, 0.4) is 0 Å². The summed E-state index contributed by atoms with van der Waals surface area (Å²) in [6.45, 7) is 13.1. The molecule has 0 aliphatic rings. The number of carbonyl (C=O) groups excluding carboxylic acids is 2. The van der Waals surface area contributed by atoms with Gasteiger partial charge in [-0.15, -0.1) is 0 Å². The Morgan fingerprint density at radius 1 is 1.18 bits per heavy atom. The molecule has 2 aromatic heterocycles. The van der Waals surface area contributed by atoms with Crippen molar-refractivity contribution < 1.29 is 18.7 Å². The van der Waals surface area contributed by atoms with E-state index in [4.69, 9.17) is 20.8 Å². The summed E-state index contributed by atoms with van der Waals surface area (Å²) in [5.74, 6) is -0.222. The molecular formula is C29H34ClN3O5. The molecule has 0 radical (unpaired) electrons. The minimum absolute atomic E-state index is 0.0952. The summed E-state index contributed by atoms with van der Waals surface area (Å²) >= 11 is 6.11. The van der Waals surface area contributed by atoms with Gasteiger partial charge in [-0.3, -0.25) is 9.59 Å². The molecule has 2 heterocycles. The fraction of sp³-hybridized carbons (Fsp3) is 0.379. The molecule has 1 N–H and O–H groups in total. The zero-order valence-electron chi connectivity index (χ0n) is 22.4. The third-order valence-corrected chi connectivity index (χ3v) is 6.00. The molecule has 0 spiro atoms. The average Bonchev–Trinajstić information content (AvgIpc) is 2.84. The highest BCUT2D eigenvalue weighted by Crippen LogP contribution is 2.33. The van der Waals surface area contributed by atoms with E-state index in [0.717, 1.165) is 5.56 Å². The second-order valence-corrected chi connectivity index (χ2v) is 10.7. The predicted molar refractivity (Wildman–Crippen MR) is 148 cm³/mol. The van der Waals surface area contributed by atoms with E-state index in [1.54, 1.807) is 32.9 Å². The van der Waals surface area contributed by atoms with Crippen LogP contribution in [0.2, 0.25) is 5.15 Å². The van der Waals surface area contributed by atoms with Gasteiger partial charge in [0, 0.05) is 25.1 Å². The molecule has 38 heavy (non-hydrogen) atoms. The summed E-state index contributed by atoms with van der Waals surface area (Å²) in [4.78, 5) is 44.8. The number of halogens is 1. The Morgan fingerprint density at radius 3 is 2.47 bits per heavy atom. The van der Waals surface area contributed by atoms with E-state index in [1.165, 1.54) is 11.0 Å². The van der Waals surface area contributed by atoms with Crippen molar-refractivity contribution in [3.63, 3.8) is 0 Å². The molecule has 1 atom stereocenters. The van der Waals surface area contributed by atoms with Crippen molar-refractivity contribution >= 4 is 34.7 Å². The Hall–Kier alpha value is -3.65. The topological polar surface area (TPSA) is 102 Å². The molecule has 9 heteroatoms. The number of hydrogen-bond donors (Lipinski definition) is 1. The number of nitrogens with zero attached hydrogens (tertiary/aromatic N) is 2. The van der Waals surface area contributed by atoms with Crippen molar-refractivity contribution in [1.29, 1.82) is 0 Å². The average molecular weight is 540 g/mol. The lowest BCUT2D eigenvalue weighted by molar-refractivity contribution is -0.129. The molecule has 0 aliphatic heterocycles. The second kappa shape index (κ2) is 12.3. The van der Waals surface area contributed by atoms with Crippen molar-refractivity contribution in [3.05, 3.63) is 87.4 Å². The number of aromatic nitrogens is 1. The molecule has 1 unspecified atom stereocenters. The van der Waals surface area contributed by atoms with Crippen LogP contribution in [-0.4, -0.2) is 40.6 Å². The number of pyridine rings is 1. The van der Waals surface area contributed by atoms with Crippen molar-refractivity contribution in [2.45, 2.75) is 52.7 Å². The van der Waals surface area contributed by atoms with E-state index < -0.39 is 17.7 Å². The minimum Gasteiger partial charge on any atom is -0.444 e. The number of ether oxygens (including phenoxy) is 1. The largest absolute Gasteiger partial charge is 0.444 e. The summed E-state index contributed by atoms with van der Waals surface area (Å²) < 4.78 is 11.6. The van der Waals surface area contributed by atoms with E-state index in [-0.39, 0.29) is 41.2 Å². The predicted octanol–water partition coefficient (Wildman–Crippen LogP) is 5.67.